The normalized spacial score (nSPS) is 13.7. The van der Waals surface area contributed by atoms with Gasteiger partial charge in [-0.1, -0.05) is 51.1 Å². The van der Waals surface area contributed by atoms with Crippen molar-refractivity contribution in [2.75, 3.05) is 11.4 Å². The third-order valence-corrected chi connectivity index (χ3v) is 7.54. The topological polar surface area (TPSA) is 485 Å². The molecule has 0 saturated heterocycles. The van der Waals surface area contributed by atoms with Gasteiger partial charge in [0, 0.05) is 18.9 Å². The Bertz CT molecular complexity index is 1900. The number of nitrogens with zero attached hydrogens (tertiary/aromatic N) is 3. The largest absolute Gasteiger partial charge is 0.370 e. The van der Waals surface area contributed by atoms with Gasteiger partial charge >= 0.3 is 0 Å². The lowest BCUT2D eigenvalue weighted by molar-refractivity contribution is -0.136. The van der Waals surface area contributed by atoms with Crippen LogP contribution in [0.15, 0.2) is 48.8 Å². The number of carbonyl (C=O) groups is 6. The first kappa shape index (κ1) is 48.1. The molecule has 28 heteroatoms. The Morgan fingerprint density at radius 3 is 1.40 bits per heavy atom. The molecule has 24 N–H and O–H groups in total. The molecule has 0 aliphatic heterocycles. The standard InChI is InChI=1S/C32H51N21O7/c1-32(2,3)10-13-53(31-42-11-7-12-43-31)26(60)25(59)44-15(14-8-5-4-6-9-14)21(55)46-18(50-28(36)37)23(57)48-20(52-30(40)41)24(58)47-19(51-29(38)39)22(56)45-17(16(33)54)49-27(34)35/h4-9,11-12,15,17-20,26,60H,10,13H2,1-3H3,(H2,33,54)(H,44,59)(H,45,56)(H,46,55)(H,47,58)(H,48,57)(H4,34,35,49)(H4,36,37,50)(H4,38,39,51)(H4,40,41,52). The molecule has 28 nitrogen and oxygen atoms in total. The summed E-state index contributed by atoms with van der Waals surface area (Å²) in [4.78, 5) is 89.0. The van der Waals surface area contributed by atoms with Gasteiger partial charge in [-0.25, -0.2) is 9.97 Å². The lowest BCUT2D eigenvalue weighted by Gasteiger charge is -2.31. The number of aliphatic hydroxyl groups is 1. The van der Waals surface area contributed by atoms with Crippen molar-refractivity contribution >= 4 is 65.2 Å². The minimum absolute atomic E-state index is 0.0223. The summed E-state index contributed by atoms with van der Waals surface area (Å²) < 4.78 is 0. The van der Waals surface area contributed by atoms with Crippen LogP contribution in [0.3, 0.4) is 0 Å². The minimum atomic E-state index is -2.06. The zero-order chi connectivity index (χ0) is 45.3. The van der Waals surface area contributed by atoms with Crippen molar-refractivity contribution in [1.29, 1.82) is 21.6 Å². The number of primary amides is 1. The first-order valence-corrected chi connectivity index (χ1v) is 17.5. The van der Waals surface area contributed by atoms with Crippen LogP contribution in [-0.2, 0) is 28.8 Å². The highest BCUT2D eigenvalue weighted by Gasteiger charge is 2.35. The van der Waals surface area contributed by atoms with Gasteiger partial charge in [0.05, 0.1) is 0 Å². The van der Waals surface area contributed by atoms with Crippen molar-refractivity contribution in [3.05, 3.63) is 54.4 Å². The van der Waals surface area contributed by atoms with Gasteiger partial charge in [0.25, 0.3) is 29.5 Å². The smallest absolute Gasteiger partial charge is 0.271 e. The van der Waals surface area contributed by atoms with Crippen LogP contribution >= 0.6 is 0 Å². The summed E-state index contributed by atoms with van der Waals surface area (Å²) in [5.74, 6) is -10.7. The molecule has 326 valence electrons. The molecule has 2 rings (SSSR count). The third kappa shape index (κ3) is 16.2. The van der Waals surface area contributed by atoms with Crippen LogP contribution in [0.25, 0.3) is 0 Å². The molecule has 0 bridgehead atoms. The van der Waals surface area contributed by atoms with E-state index in [1.807, 2.05) is 31.4 Å². The fraction of sp³-hybridized carbons (Fsp3) is 0.375. The fourth-order valence-electron chi connectivity index (χ4n) is 4.74. The molecule has 1 aromatic carbocycles. The second-order valence-corrected chi connectivity index (χ2v) is 13.7. The van der Waals surface area contributed by atoms with Gasteiger partial charge in [-0.05, 0) is 23.5 Å². The van der Waals surface area contributed by atoms with Gasteiger partial charge in [-0.15, -0.1) is 0 Å². The van der Waals surface area contributed by atoms with Crippen LogP contribution in [0, 0.1) is 27.1 Å². The number of carbonyl (C=O) groups excluding carboxylic acids is 6. The van der Waals surface area contributed by atoms with E-state index in [1.165, 1.54) is 29.4 Å². The van der Waals surface area contributed by atoms with Crippen molar-refractivity contribution in [2.45, 2.75) is 64.1 Å². The van der Waals surface area contributed by atoms with Crippen LogP contribution in [-0.4, -0.2) is 112 Å². The number of nitrogens with two attached hydrogens (primary N) is 5. The molecule has 0 radical (unpaired) electrons. The van der Waals surface area contributed by atoms with Crippen LogP contribution in [0.4, 0.5) is 5.95 Å². The summed E-state index contributed by atoms with van der Waals surface area (Å²) >= 11 is 0. The van der Waals surface area contributed by atoms with E-state index in [2.05, 4.69) is 47.2 Å². The minimum Gasteiger partial charge on any atom is -0.370 e. The van der Waals surface area contributed by atoms with E-state index in [0.29, 0.717) is 6.42 Å². The molecule has 0 aliphatic carbocycles. The summed E-state index contributed by atoms with van der Waals surface area (Å²) in [5.41, 5.74) is 26.6. The second kappa shape index (κ2) is 22.0. The summed E-state index contributed by atoms with van der Waals surface area (Å²) in [5, 5.41) is 60.8. The number of benzene rings is 1. The summed E-state index contributed by atoms with van der Waals surface area (Å²) in [7, 11) is 0. The molecule has 6 atom stereocenters. The molecule has 0 fully saturated rings. The van der Waals surface area contributed by atoms with Gasteiger partial charge in [-0.3, -0.25) is 50.4 Å². The first-order chi connectivity index (χ1) is 28.0. The summed E-state index contributed by atoms with van der Waals surface area (Å²) in [6.07, 6.45) is -6.44. The molecule has 0 aliphatic rings. The van der Waals surface area contributed by atoms with Crippen molar-refractivity contribution in [1.82, 2.24) is 57.8 Å². The molecular formula is C32H51N21O7. The molecular weight excluding hydrogens is 790 g/mol. The van der Waals surface area contributed by atoms with Crippen LogP contribution in [0.5, 0.6) is 0 Å². The maximum absolute atomic E-state index is 13.9. The van der Waals surface area contributed by atoms with Gasteiger partial charge in [0.2, 0.25) is 18.1 Å². The lowest BCUT2D eigenvalue weighted by atomic mass is 9.92. The first-order valence-electron chi connectivity index (χ1n) is 17.5. The van der Waals surface area contributed by atoms with Crippen molar-refractivity contribution in [3.8, 4) is 0 Å². The average molecular weight is 842 g/mol. The zero-order valence-corrected chi connectivity index (χ0v) is 32.6. The maximum atomic E-state index is 13.9. The van der Waals surface area contributed by atoms with Crippen molar-refractivity contribution in [3.63, 3.8) is 0 Å². The quantitative estimate of drug-likeness (QED) is 0.0334. The maximum Gasteiger partial charge on any atom is 0.271 e. The van der Waals surface area contributed by atoms with Crippen LogP contribution in [0.2, 0.25) is 0 Å². The highest BCUT2D eigenvalue weighted by molar-refractivity contribution is 5.99. The number of nitrogens with one attached hydrogen (secondary N) is 13. The molecule has 1 heterocycles. The second-order valence-electron chi connectivity index (χ2n) is 13.7. The molecule has 60 heavy (non-hydrogen) atoms. The van der Waals surface area contributed by atoms with E-state index >= 15 is 0 Å². The molecule has 1 aromatic heterocycles. The number of anilines is 1. The predicted octanol–water partition coefficient (Wildman–Crippen LogP) is -6.92. The average Bonchev–Trinajstić information content (AvgIpc) is 3.15. The number of hydrogen-bond acceptors (Lipinski definition) is 14. The molecule has 2 aromatic rings. The monoisotopic (exact) mass is 841 g/mol. The summed E-state index contributed by atoms with van der Waals surface area (Å²) in [6, 6.07) is 7.56. The predicted molar refractivity (Wildman–Crippen MR) is 214 cm³/mol. The van der Waals surface area contributed by atoms with E-state index in [1.54, 1.807) is 24.3 Å². The Kier molecular flexibility index (Phi) is 17.7. The van der Waals surface area contributed by atoms with E-state index in [0.717, 1.165) is 0 Å². The van der Waals surface area contributed by atoms with E-state index in [-0.39, 0.29) is 23.5 Å². The number of amides is 6. The van der Waals surface area contributed by atoms with Crippen LogP contribution < -0.4 is 81.4 Å². The Balaban J connectivity index is 2.41. The summed E-state index contributed by atoms with van der Waals surface area (Å²) in [6.45, 7) is 5.98. The SMILES string of the molecule is CC(C)(C)CCN(c1ncccn1)C(O)C(=O)NC(C(=O)NC(NC(=N)N)C(=O)NC(NC(=N)N)C(=O)NC(NC(=N)N)C(=O)NC(NC(=N)N)C(N)=O)c1ccccc1. The molecule has 0 spiro atoms. The van der Waals surface area contributed by atoms with E-state index in [9.17, 15) is 33.9 Å². The Labute approximate surface area is 342 Å². The highest BCUT2D eigenvalue weighted by Crippen LogP contribution is 2.22. The number of aromatic nitrogens is 2. The Hall–Kier alpha value is -8.04. The fourth-order valence-corrected chi connectivity index (χ4v) is 4.74. The van der Waals surface area contributed by atoms with Gasteiger partial charge < -0.3 is 86.5 Å². The number of hydrogen-bond donors (Lipinski definition) is 19. The van der Waals surface area contributed by atoms with E-state index in [4.69, 9.17) is 50.3 Å². The van der Waals surface area contributed by atoms with E-state index < -0.39 is 96.2 Å². The Morgan fingerprint density at radius 2 is 1.00 bits per heavy atom. The molecule has 6 amide bonds. The van der Waals surface area contributed by atoms with Gasteiger partial charge in [-0.2, -0.15) is 0 Å². The van der Waals surface area contributed by atoms with Crippen molar-refractivity contribution in [2.24, 2.45) is 34.1 Å². The number of aliphatic hydroxyl groups excluding tert-OH is 1. The number of rotatable bonds is 20. The molecule has 0 saturated carbocycles. The highest BCUT2D eigenvalue weighted by atomic mass is 16.3. The third-order valence-electron chi connectivity index (χ3n) is 7.54. The Morgan fingerprint density at radius 1 is 0.600 bits per heavy atom. The van der Waals surface area contributed by atoms with Gasteiger partial charge in [0.1, 0.15) is 6.04 Å². The lowest BCUT2D eigenvalue weighted by Crippen LogP contribution is -2.68. The zero-order valence-electron chi connectivity index (χ0n) is 32.6. The van der Waals surface area contributed by atoms with Crippen LogP contribution in [0.1, 0.15) is 38.8 Å². The van der Waals surface area contributed by atoms with Gasteiger partial charge in [0.15, 0.2) is 48.5 Å². The molecule has 6 unspecified atom stereocenters. The van der Waals surface area contributed by atoms with Crippen molar-refractivity contribution < 1.29 is 33.9 Å². The number of guanidine groups is 4.